The molecule has 0 spiro atoms. The second kappa shape index (κ2) is 12.6. The summed E-state index contributed by atoms with van der Waals surface area (Å²) in [7, 11) is 0. The number of nitrogens with two attached hydrogens (primary N) is 1. The van der Waals surface area contributed by atoms with E-state index in [1.54, 1.807) is 25.6 Å². The Morgan fingerprint density at radius 3 is 2.64 bits per heavy atom. The van der Waals surface area contributed by atoms with Crippen molar-refractivity contribution in [3.05, 3.63) is 18.2 Å². The highest BCUT2D eigenvalue weighted by molar-refractivity contribution is 7.98. The predicted molar refractivity (Wildman–Crippen MR) is 124 cm³/mol. The molecule has 184 valence electrons. The van der Waals surface area contributed by atoms with Gasteiger partial charge < -0.3 is 31.4 Å². The van der Waals surface area contributed by atoms with Gasteiger partial charge in [0.25, 0.3) is 0 Å². The number of imidazole rings is 1. The molecular formula is C21H34N6O5S. The number of nitrogens with zero attached hydrogens (tertiary/aromatic N) is 2. The van der Waals surface area contributed by atoms with Crippen LogP contribution in [-0.4, -0.2) is 86.4 Å². The van der Waals surface area contributed by atoms with Gasteiger partial charge in [-0.15, -0.1) is 0 Å². The first-order valence-corrected chi connectivity index (χ1v) is 12.4. The molecule has 11 nitrogen and oxygen atoms in total. The third kappa shape index (κ3) is 7.46. The van der Waals surface area contributed by atoms with Crippen molar-refractivity contribution in [2.45, 2.75) is 63.7 Å². The molecule has 4 atom stereocenters. The second-order valence-electron chi connectivity index (χ2n) is 8.49. The average molecular weight is 483 g/mol. The summed E-state index contributed by atoms with van der Waals surface area (Å²) in [6.07, 6.45) is 6.65. The fraction of sp³-hybridized carbons (Fsp3) is 0.667. The number of aromatic nitrogens is 2. The van der Waals surface area contributed by atoms with Crippen LogP contribution in [0.2, 0.25) is 0 Å². The van der Waals surface area contributed by atoms with Crippen molar-refractivity contribution in [3.63, 3.8) is 0 Å². The van der Waals surface area contributed by atoms with E-state index >= 15 is 0 Å². The zero-order chi connectivity index (χ0) is 24.5. The molecule has 1 aromatic rings. The molecule has 1 fully saturated rings. The Labute approximate surface area is 197 Å². The summed E-state index contributed by atoms with van der Waals surface area (Å²) >= 11 is 1.59. The molecule has 6 N–H and O–H groups in total. The van der Waals surface area contributed by atoms with Crippen molar-refractivity contribution in [2.75, 3.05) is 18.6 Å². The van der Waals surface area contributed by atoms with Gasteiger partial charge in [-0.1, -0.05) is 13.8 Å². The molecule has 0 bridgehead atoms. The standard InChI is InChI=1S/C21H34N6O5S/c1-12(2)17(21(31)32)26-18(28)15(9-13-10-23-11-24-13)25-19(29)16-5-4-7-27(16)20(30)14(22)6-8-33-3/h10-12,14-17H,4-9,22H2,1-3H3,(H,23,24)(H,25,29)(H,26,28)(H,31,32). The van der Waals surface area contributed by atoms with E-state index in [9.17, 15) is 24.3 Å². The molecule has 2 rings (SSSR count). The normalized spacial score (nSPS) is 18.6. The number of aromatic amines is 1. The van der Waals surface area contributed by atoms with Gasteiger partial charge in [0, 0.05) is 24.9 Å². The smallest absolute Gasteiger partial charge is 0.326 e. The summed E-state index contributed by atoms with van der Waals surface area (Å²) in [6, 6.07) is -3.55. The lowest BCUT2D eigenvalue weighted by Gasteiger charge is -2.29. The average Bonchev–Trinajstić information content (AvgIpc) is 3.46. The van der Waals surface area contributed by atoms with Crippen LogP contribution in [0, 0.1) is 5.92 Å². The van der Waals surface area contributed by atoms with Crippen LogP contribution in [0.3, 0.4) is 0 Å². The van der Waals surface area contributed by atoms with Gasteiger partial charge in [-0.3, -0.25) is 14.4 Å². The lowest BCUT2D eigenvalue weighted by molar-refractivity contribution is -0.144. The first-order chi connectivity index (χ1) is 15.6. The van der Waals surface area contributed by atoms with Gasteiger partial charge in [-0.25, -0.2) is 9.78 Å². The van der Waals surface area contributed by atoms with Crippen molar-refractivity contribution in [1.29, 1.82) is 0 Å². The monoisotopic (exact) mass is 482 g/mol. The number of likely N-dealkylation sites (tertiary alicyclic amines) is 1. The van der Waals surface area contributed by atoms with Crippen molar-refractivity contribution >= 4 is 35.5 Å². The Balaban J connectivity index is 2.13. The summed E-state index contributed by atoms with van der Waals surface area (Å²) in [4.78, 5) is 58.7. The fourth-order valence-electron chi connectivity index (χ4n) is 3.75. The van der Waals surface area contributed by atoms with E-state index in [0.29, 0.717) is 31.5 Å². The van der Waals surface area contributed by atoms with Crippen LogP contribution in [-0.2, 0) is 25.6 Å². The summed E-state index contributed by atoms with van der Waals surface area (Å²) in [5.74, 6) is -2.12. The number of carboxylic acids is 1. The summed E-state index contributed by atoms with van der Waals surface area (Å²) < 4.78 is 0. The van der Waals surface area contributed by atoms with Crippen molar-refractivity contribution in [3.8, 4) is 0 Å². The number of thioether (sulfide) groups is 1. The van der Waals surface area contributed by atoms with Crippen LogP contribution < -0.4 is 16.4 Å². The van der Waals surface area contributed by atoms with Gasteiger partial charge in [-0.2, -0.15) is 11.8 Å². The van der Waals surface area contributed by atoms with E-state index in [4.69, 9.17) is 5.73 Å². The quantitative estimate of drug-likeness (QED) is 0.271. The Morgan fingerprint density at radius 1 is 1.33 bits per heavy atom. The van der Waals surface area contributed by atoms with Crippen LogP contribution in [0.25, 0.3) is 0 Å². The Morgan fingerprint density at radius 2 is 2.06 bits per heavy atom. The van der Waals surface area contributed by atoms with Crippen molar-refractivity contribution in [1.82, 2.24) is 25.5 Å². The van der Waals surface area contributed by atoms with E-state index in [-0.39, 0.29) is 18.2 Å². The maximum Gasteiger partial charge on any atom is 0.326 e. The van der Waals surface area contributed by atoms with Crippen molar-refractivity contribution < 1.29 is 24.3 Å². The zero-order valence-corrected chi connectivity index (χ0v) is 20.1. The van der Waals surface area contributed by atoms with Crippen LogP contribution in [0.5, 0.6) is 0 Å². The predicted octanol–water partition coefficient (Wildman–Crippen LogP) is -0.266. The molecule has 1 aliphatic heterocycles. The van der Waals surface area contributed by atoms with E-state index in [1.165, 1.54) is 17.4 Å². The highest BCUT2D eigenvalue weighted by atomic mass is 32.2. The first-order valence-electron chi connectivity index (χ1n) is 11.0. The molecule has 2 heterocycles. The topological polar surface area (TPSA) is 171 Å². The number of rotatable bonds is 12. The highest BCUT2D eigenvalue weighted by Crippen LogP contribution is 2.19. The number of amides is 3. The lowest BCUT2D eigenvalue weighted by Crippen LogP contribution is -2.57. The third-order valence-electron chi connectivity index (χ3n) is 5.63. The summed E-state index contributed by atoms with van der Waals surface area (Å²) in [6.45, 7) is 3.80. The second-order valence-corrected chi connectivity index (χ2v) is 9.47. The molecule has 33 heavy (non-hydrogen) atoms. The number of hydrogen-bond donors (Lipinski definition) is 5. The number of carbonyl (C=O) groups excluding carboxylic acids is 3. The third-order valence-corrected chi connectivity index (χ3v) is 6.28. The largest absolute Gasteiger partial charge is 0.480 e. The minimum atomic E-state index is -1.16. The first kappa shape index (κ1) is 26.7. The molecule has 0 saturated carbocycles. The van der Waals surface area contributed by atoms with Gasteiger partial charge >= 0.3 is 5.97 Å². The molecular weight excluding hydrogens is 448 g/mol. The van der Waals surface area contributed by atoms with E-state index in [0.717, 1.165) is 5.75 Å². The van der Waals surface area contributed by atoms with Gasteiger partial charge in [0.15, 0.2) is 0 Å². The van der Waals surface area contributed by atoms with E-state index < -0.39 is 42.0 Å². The van der Waals surface area contributed by atoms with Gasteiger partial charge in [0.05, 0.1) is 12.4 Å². The molecule has 1 aliphatic rings. The maximum atomic E-state index is 13.1. The van der Waals surface area contributed by atoms with Gasteiger partial charge in [0.1, 0.15) is 18.1 Å². The minimum absolute atomic E-state index is 0.0932. The summed E-state index contributed by atoms with van der Waals surface area (Å²) in [5.41, 5.74) is 6.63. The van der Waals surface area contributed by atoms with Crippen LogP contribution in [0.15, 0.2) is 12.5 Å². The Kier molecular flexibility index (Phi) is 10.2. The number of carbonyl (C=O) groups is 4. The minimum Gasteiger partial charge on any atom is -0.480 e. The van der Waals surface area contributed by atoms with E-state index in [1.807, 2.05) is 6.26 Å². The van der Waals surface area contributed by atoms with Gasteiger partial charge in [-0.05, 0) is 37.2 Å². The van der Waals surface area contributed by atoms with Gasteiger partial charge in [0.2, 0.25) is 17.7 Å². The molecule has 0 aromatic carbocycles. The number of H-pyrrole nitrogens is 1. The van der Waals surface area contributed by atoms with Crippen LogP contribution in [0.1, 0.15) is 38.8 Å². The number of carboxylic acid groups (broad SMARTS) is 1. The lowest BCUT2D eigenvalue weighted by atomic mass is 10.0. The van der Waals surface area contributed by atoms with Crippen LogP contribution >= 0.6 is 11.8 Å². The molecule has 0 aliphatic carbocycles. The maximum absolute atomic E-state index is 13.1. The highest BCUT2D eigenvalue weighted by Gasteiger charge is 2.38. The summed E-state index contributed by atoms with van der Waals surface area (Å²) in [5, 5.41) is 14.6. The number of hydrogen-bond acceptors (Lipinski definition) is 7. The molecule has 1 aromatic heterocycles. The number of aliphatic carboxylic acids is 1. The fourth-order valence-corrected chi connectivity index (χ4v) is 4.23. The molecule has 3 amide bonds. The van der Waals surface area contributed by atoms with Crippen molar-refractivity contribution in [2.24, 2.45) is 11.7 Å². The Bertz CT molecular complexity index is 818. The molecule has 12 heteroatoms. The van der Waals surface area contributed by atoms with Crippen LogP contribution in [0.4, 0.5) is 0 Å². The Hall–Kier alpha value is -2.60. The van der Waals surface area contributed by atoms with E-state index in [2.05, 4.69) is 20.6 Å². The zero-order valence-electron chi connectivity index (χ0n) is 19.2. The molecule has 4 unspecified atom stereocenters. The number of nitrogens with one attached hydrogen (secondary N) is 3. The SMILES string of the molecule is CSCCC(N)C(=O)N1CCCC1C(=O)NC(Cc1cnc[nH]1)C(=O)NC(C(=O)O)C(C)C. The molecule has 0 radical (unpaired) electrons. The molecule has 1 saturated heterocycles.